The highest BCUT2D eigenvalue weighted by Crippen LogP contribution is 2.10. The van der Waals surface area contributed by atoms with Gasteiger partial charge in [0.1, 0.15) is 5.75 Å². The number of guanidine groups is 1. The van der Waals surface area contributed by atoms with E-state index in [-0.39, 0.29) is 0 Å². The van der Waals surface area contributed by atoms with Crippen LogP contribution < -0.4 is 10.6 Å². The van der Waals surface area contributed by atoms with Crippen molar-refractivity contribution in [2.24, 2.45) is 4.99 Å². The number of hydrogen-bond donors (Lipinski definition) is 3. The van der Waals surface area contributed by atoms with E-state index in [0.717, 1.165) is 24.6 Å². The highest BCUT2D eigenvalue weighted by molar-refractivity contribution is 5.79. The largest absolute Gasteiger partial charge is 0.508 e. The average molecular weight is 277 g/mol. The van der Waals surface area contributed by atoms with E-state index in [9.17, 15) is 5.11 Å². The zero-order valence-corrected chi connectivity index (χ0v) is 12.7. The minimum absolute atomic E-state index is 0.290. The predicted molar refractivity (Wildman–Crippen MR) is 85.1 cm³/mol. The van der Waals surface area contributed by atoms with Crippen LogP contribution >= 0.6 is 0 Å². The van der Waals surface area contributed by atoms with Gasteiger partial charge in [-0.05, 0) is 31.0 Å². The topological polar surface area (TPSA) is 56.7 Å². The number of unbranched alkanes of at least 4 members (excludes halogenated alkanes) is 3. The van der Waals surface area contributed by atoms with Crippen LogP contribution in [0.2, 0.25) is 0 Å². The molecule has 0 radical (unpaired) electrons. The van der Waals surface area contributed by atoms with Crippen LogP contribution in [0.15, 0.2) is 29.3 Å². The minimum Gasteiger partial charge on any atom is -0.508 e. The molecule has 0 heterocycles. The van der Waals surface area contributed by atoms with E-state index in [0.29, 0.717) is 12.3 Å². The van der Waals surface area contributed by atoms with Crippen molar-refractivity contribution in [2.45, 2.75) is 46.1 Å². The number of hydrogen-bond acceptors (Lipinski definition) is 2. The number of nitrogens with one attached hydrogen (secondary N) is 2. The molecule has 112 valence electrons. The minimum atomic E-state index is 0.290. The van der Waals surface area contributed by atoms with E-state index in [1.165, 1.54) is 25.7 Å². The lowest BCUT2D eigenvalue weighted by Crippen LogP contribution is -2.37. The Labute approximate surface area is 122 Å². The van der Waals surface area contributed by atoms with Gasteiger partial charge in [-0.15, -0.1) is 0 Å². The van der Waals surface area contributed by atoms with Crippen molar-refractivity contribution in [3.63, 3.8) is 0 Å². The van der Waals surface area contributed by atoms with E-state index in [4.69, 9.17) is 0 Å². The normalized spacial score (nSPS) is 11.4. The molecular weight excluding hydrogens is 250 g/mol. The molecule has 1 rings (SSSR count). The van der Waals surface area contributed by atoms with E-state index in [1.807, 2.05) is 12.1 Å². The first kappa shape index (κ1) is 16.3. The first-order valence-corrected chi connectivity index (χ1v) is 7.56. The summed E-state index contributed by atoms with van der Waals surface area (Å²) >= 11 is 0. The Morgan fingerprint density at radius 3 is 2.45 bits per heavy atom. The molecule has 4 nitrogen and oxygen atoms in total. The number of phenolic OH excluding ortho intramolecular Hbond substituents is 1. The summed E-state index contributed by atoms with van der Waals surface area (Å²) in [6, 6.07) is 7.17. The van der Waals surface area contributed by atoms with Crippen LogP contribution in [-0.2, 0) is 6.54 Å². The molecule has 0 fully saturated rings. The standard InChI is InChI=1S/C16H27N3O/c1-3-5-6-7-12-18-16(17-4-2)19-13-14-8-10-15(20)11-9-14/h8-11,20H,3-7,12-13H2,1-2H3,(H2,17,18,19). The van der Waals surface area contributed by atoms with Gasteiger partial charge in [0.25, 0.3) is 0 Å². The summed E-state index contributed by atoms with van der Waals surface area (Å²) in [7, 11) is 0. The van der Waals surface area contributed by atoms with Crippen molar-refractivity contribution in [3.05, 3.63) is 29.8 Å². The fraction of sp³-hybridized carbons (Fsp3) is 0.562. The Morgan fingerprint density at radius 1 is 1.05 bits per heavy atom. The fourth-order valence-corrected chi connectivity index (χ4v) is 1.87. The number of aromatic hydroxyl groups is 1. The number of aliphatic imine (C=N–C) groups is 1. The third-order valence-electron chi connectivity index (χ3n) is 3.02. The van der Waals surface area contributed by atoms with E-state index in [2.05, 4.69) is 29.5 Å². The van der Waals surface area contributed by atoms with Gasteiger partial charge in [-0.1, -0.05) is 38.3 Å². The van der Waals surface area contributed by atoms with Crippen molar-refractivity contribution in [2.75, 3.05) is 13.1 Å². The lowest BCUT2D eigenvalue weighted by Gasteiger charge is -2.11. The van der Waals surface area contributed by atoms with Gasteiger partial charge in [0.15, 0.2) is 5.96 Å². The first-order valence-electron chi connectivity index (χ1n) is 7.56. The SMILES string of the molecule is CCCCCCNC(=NCc1ccc(O)cc1)NCC. The summed E-state index contributed by atoms with van der Waals surface area (Å²) in [6.07, 6.45) is 5.00. The molecule has 0 atom stereocenters. The van der Waals surface area contributed by atoms with Crippen LogP contribution in [0.5, 0.6) is 5.75 Å². The molecule has 3 N–H and O–H groups in total. The van der Waals surface area contributed by atoms with Crippen molar-refractivity contribution < 1.29 is 5.11 Å². The molecule has 0 aliphatic carbocycles. The quantitative estimate of drug-likeness (QED) is 0.389. The molecule has 0 unspecified atom stereocenters. The van der Waals surface area contributed by atoms with Gasteiger partial charge in [0.2, 0.25) is 0 Å². The molecular formula is C16H27N3O. The molecule has 0 saturated carbocycles. The Bertz CT molecular complexity index is 387. The molecule has 0 amide bonds. The third-order valence-corrected chi connectivity index (χ3v) is 3.02. The van der Waals surface area contributed by atoms with Gasteiger partial charge in [0, 0.05) is 13.1 Å². The highest BCUT2D eigenvalue weighted by atomic mass is 16.3. The van der Waals surface area contributed by atoms with E-state index < -0.39 is 0 Å². The molecule has 0 aromatic heterocycles. The van der Waals surface area contributed by atoms with Crippen molar-refractivity contribution in [3.8, 4) is 5.75 Å². The zero-order valence-electron chi connectivity index (χ0n) is 12.7. The first-order chi connectivity index (χ1) is 9.76. The van der Waals surface area contributed by atoms with Gasteiger partial charge in [-0.3, -0.25) is 0 Å². The van der Waals surface area contributed by atoms with E-state index in [1.54, 1.807) is 12.1 Å². The van der Waals surface area contributed by atoms with Gasteiger partial charge >= 0.3 is 0 Å². The Balaban J connectivity index is 2.39. The van der Waals surface area contributed by atoms with Crippen molar-refractivity contribution >= 4 is 5.96 Å². The lowest BCUT2D eigenvalue weighted by molar-refractivity contribution is 0.475. The van der Waals surface area contributed by atoms with Crippen molar-refractivity contribution in [1.29, 1.82) is 0 Å². The second-order valence-electron chi connectivity index (χ2n) is 4.85. The van der Waals surface area contributed by atoms with Gasteiger partial charge < -0.3 is 15.7 Å². The smallest absolute Gasteiger partial charge is 0.191 e. The molecule has 0 saturated heterocycles. The van der Waals surface area contributed by atoms with Crippen molar-refractivity contribution in [1.82, 2.24) is 10.6 Å². The predicted octanol–water partition coefficient (Wildman–Crippen LogP) is 3.03. The number of phenols is 1. The van der Waals surface area contributed by atoms with Gasteiger partial charge in [0.05, 0.1) is 6.54 Å². The summed E-state index contributed by atoms with van der Waals surface area (Å²) < 4.78 is 0. The second-order valence-corrected chi connectivity index (χ2v) is 4.85. The molecule has 4 heteroatoms. The summed E-state index contributed by atoms with van der Waals surface area (Å²) in [5.41, 5.74) is 1.09. The molecule has 1 aromatic carbocycles. The maximum atomic E-state index is 9.24. The van der Waals surface area contributed by atoms with Crippen LogP contribution in [0.3, 0.4) is 0 Å². The summed E-state index contributed by atoms with van der Waals surface area (Å²) in [5, 5.41) is 15.8. The highest BCUT2D eigenvalue weighted by Gasteiger charge is 1.97. The maximum absolute atomic E-state index is 9.24. The Hall–Kier alpha value is -1.71. The van der Waals surface area contributed by atoms with Gasteiger partial charge in [-0.2, -0.15) is 0 Å². The monoisotopic (exact) mass is 277 g/mol. The number of nitrogens with zero attached hydrogens (tertiary/aromatic N) is 1. The van der Waals surface area contributed by atoms with Gasteiger partial charge in [-0.25, -0.2) is 4.99 Å². The lowest BCUT2D eigenvalue weighted by atomic mass is 10.2. The Morgan fingerprint density at radius 2 is 1.80 bits per heavy atom. The van der Waals surface area contributed by atoms with E-state index >= 15 is 0 Å². The molecule has 0 aliphatic heterocycles. The molecule has 20 heavy (non-hydrogen) atoms. The maximum Gasteiger partial charge on any atom is 0.191 e. The number of rotatable bonds is 8. The van der Waals surface area contributed by atoms with Crippen LogP contribution in [0.1, 0.15) is 45.1 Å². The summed E-state index contributed by atoms with van der Waals surface area (Å²) in [5.74, 6) is 1.15. The third kappa shape index (κ3) is 7.02. The molecule has 1 aromatic rings. The zero-order chi connectivity index (χ0) is 14.6. The van der Waals surface area contributed by atoms with Crippen LogP contribution in [0.4, 0.5) is 0 Å². The van der Waals surface area contributed by atoms with Crippen LogP contribution in [-0.4, -0.2) is 24.2 Å². The summed E-state index contributed by atoms with van der Waals surface area (Å²) in [6.45, 7) is 6.72. The molecule has 0 bridgehead atoms. The fourth-order valence-electron chi connectivity index (χ4n) is 1.87. The Kier molecular flexibility index (Phi) is 8.27. The molecule has 0 aliphatic rings. The second kappa shape index (κ2) is 10.1. The van der Waals surface area contributed by atoms with Crippen LogP contribution in [0, 0.1) is 0 Å². The number of benzene rings is 1. The average Bonchev–Trinajstić information content (AvgIpc) is 2.46. The molecule has 0 spiro atoms. The van der Waals surface area contributed by atoms with Crippen LogP contribution in [0.25, 0.3) is 0 Å². The summed E-state index contributed by atoms with van der Waals surface area (Å²) in [4.78, 5) is 4.54.